The van der Waals surface area contributed by atoms with E-state index in [4.69, 9.17) is 16.6 Å². The van der Waals surface area contributed by atoms with Crippen LogP contribution in [0.4, 0.5) is 0 Å². The summed E-state index contributed by atoms with van der Waals surface area (Å²) >= 11 is 0. The average Bonchev–Trinajstić information content (AvgIpc) is 2.30. The molecule has 0 saturated heterocycles. The molecular formula is C11H20N2O. The lowest BCUT2D eigenvalue weighted by molar-refractivity contribution is 0.241. The normalized spacial score (nSPS) is 11.4. The van der Waals surface area contributed by atoms with Gasteiger partial charge in [0.15, 0.2) is 0 Å². The minimum Gasteiger partial charge on any atom is -0.396 e. The fourth-order valence-electron chi connectivity index (χ4n) is 0.689. The van der Waals surface area contributed by atoms with E-state index in [0.29, 0.717) is 13.1 Å². The van der Waals surface area contributed by atoms with Gasteiger partial charge in [0.2, 0.25) is 0 Å². The predicted molar refractivity (Wildman–Crippen MR) is 59.6 cm³/mol. The number of benzene rings is 1. The zero-order valence-electron chi connectivity index (χ0n) is 8.69. The molecule has 0 aliphatic rings. The minimum atomic E-state index is 0.205. The SMILES string of the molecule is CC(CN)CO.NCc1ccccc1. The standard InChI is InChI=1S/C7H9N.C4H11NO/c8-6-7-4-2-1-3-5-7;1-4(2-5)3-6/h1-5H,6,8H2;4,6H,2-3,5H2,1H3. The molecular weight excluding hydrogens is 176 g/mol. The van der Waals surface area contributed by atoms with Crippen LogP contribution in [0.2, 0.25) is 0 Å². The number of rotatable bonds is 3. The van der Waals surface area contributed by atoms with Crippen LogP contribution in [0.15, 0.2) is 30.3 Å². The first kappa shape index (κ1) is 13.1. The Bertz CT molecular complexity index is 210. The van der Waals surface area contributed by atoms with E-state index < -0.39 is 0 Å². The number of aliphatic hydroxyl groups excluding tert-OH is 1. The molecule has 0 aliphatic carbocycles. The van der Waals surface area contributed by atoms with Crippen molar-refractivity contribution in [3.05, 3.63) is 35.9 Å². The second kappa shape index (κ2) is 8.69. The minimum absolute atomic E-state index is 0.205. The van der Waals surface area contributed by atoms with Crippen molar-refractivity contribution in [1.82, 2.24) is 0 Å². The van der Waals surface area contributed by atoms with Gasteiger partial charge in [0.05, 0.1) is 0 Å². The molecule has 3 nitrogen and oxygen atoms in total. The maximum Gasteiger partial charge on any atom is 0.0468 e. The van der Waals surface area contributed by atoms with Gasteiger partial charge in [-0.15, -0.1) is 0 Å². The van der Waals surface area contributed by atoms with Gasteiger partial charge in [0, 0.05) is 13.2 Å². The Morgan fingerprint density at radius 1 is 1.21 bits per heavy atom. The number of aliphatic hydroxyl groups is 1. The highest BCUT2D eigenvalue weighted by atomic mass is 16.3. The van der Waals surface area contributed by atoms with Crippen molar-refractivity contribution >= 4 is 0 Å². The smallest absolute Gasteiger partial charge is 0.0468 e. The first-order valence-electron chi connectivity index (χ1n) is 4.79. The van der Waals surface area contributed by atoms with E-state index in [0.717, 1.165) is 0 Å². The first-order chi connectivity index (χ1) is 6.74. The molecule has 1 atom stereocenters. The van der Waals surface area contributed by atoms with Gasteiger partial charge < -0.3 is 16.6 Å². The predicted octanol–water partition coefficient (Wildman–Crippen LogP) is 0.719. The Kier molecular flexibility index (Phi) is 8.13. The third-order valence-corrected chi connectivity index (χ3v) is 1.79. The zero-order chi connectivity index (χ0) is 10.8. The average molecular weight is 196 g/mol. The summed E-state index contributed by atoms with van der Waals surface area (Å²) in [6, 6.07) is 9.99. The molecule has 0 radical (unpaired) electrons. The third kappa shape index (κ3) is 6.60. The summed E-state index contributed by atoms with van der Waals surface area (Å²) < 4.78 is 0. The maximum absolute atomic E-state index is 8.25. The first-order valence-corrected chi connectivity index (χ1v) is 4.79. The van der Waals surface area contributed by atoms with Gasteiger partial charge in [-0.2, -0.15) is 0 Å². The van der Waals surface area contributed by atoms with E-state index in [1.165, 1.54) is 5.56 Å². The fourth-order valence-corrected chi connectivity index (χ4v) is 0.689. The van der Waals surface area contributed by atoms with Gasteiger partial charge in [0.25, 0.3) is 0 Å². The van der Waals surface area contributed by atoms with Crippen LogP contribution in [0.25, 0.3) is 0 Å². The molecule has 1 aromatic rings. The van der Waals surface area contributed by atoms with Gasteiger partial charge in [-0.05, 0) is 18.0 Å². The van der Waals surface area contributed by atoms with E-state index in [-0.39, 0.29) is 12.5 Å². The quantitative estimate of drug-likeness (QED) is 0.667. The summed E-state index contributed by atoms with van der Waals surface area (Å²) in [6.45, 7) is 3.33. The van der Waals surface area contributed by atoms with Gasteiger partial charge >= 0.3 is 0 Å². The van der Waals surface area contributed by atoms with Crippen LogP contribution in [0.3, 0.4) is 0 Å². The second-order valence-electron chi connectivity index (χ2n) is 3.21. The number of hydrogen-bond acceptors (Lipinski definition) is 3. The molecule has 1 aromatic carbocycles. The highest BCUT2D eigenvalue weighted by molar-refractivity contribution is 5.13. The summed E-state index contributed by atoms with van der Waals surface area (Å²) in [4.78, 5) is 0. The molecule has 0 amide bonds. The summed E-state index contributed by atoms with van der Waals surface area (Å²) in [7, 11) is 0. The van der Waals surface area contributed by atoms with Gasteiger partial charge in [-0.25, -0.2) is 0 Å². The summed E-state index contributed by atoms with van der Waals surface area (Å²) in [6.07, 6.45) is 0. The van der Waals surface area contributed by atoms with Crippen molar-refractivity contribution in [2.75, 3.05) is 13.2 Å². The van der Waals surface area contributed by atoms with Gasteiger partial charge in [0.1, 0.15) is 0 Å². The largest absolute Gasteiger partial charge is 0.396 e. The van der Waals surface area contributed by atoms with Crippen LogP contribution in [-0.2, 0) is 6.54 Å². The molecule has 0 saturated carbocycles. The lowest BCUT2D eigenvalue weighted by Gasteiger charge is -1.98. The molecule has 5 N–H and O–H groups in total. The maximum atomic E-state index is 8.25. The Hall–Kier alpha value is -0.900. The zero-order valence-corrected chi connectivity index (χ0v) is 8.69. The van der Waals surface area contributed by atoms with E-state index in [9.17, 15) is 0 Å². The van der Waals surface area contributed by atoms with Crippen molar-refractivity contribution in [3.63, 3.8) is 0 Å². The summed E-state index contributed by atoms with van der Waals surface area (Å²) in [5.41, 5.74) is 11.7. The van der Waals surface area contributed by atoms with Crippen LogP contribution in [-0.4, -0.2) is 18.3 Å². The van der Waals surface area contributed by atoms with Gasteiger partial charge in [-0.3, -0.25) is 0 Å². The van der Waals surface area contributed by atoms with Gasteiger partial charge in [-0.1, -0.05) is 37.3 Å². The molecule has 80 valence electrons. The highest BCUT2D eigenvalue weighted by Gasteiger charge is 1.90. The third-order valence-electron chi connectivity index (χ3n) is 1.79. The van der Waals surface area contributed by atoms with E-state index in [1.807, 2.05) is 37.3 Å². The number of hydrogen-bond donors (Lipinski definition) is 3. The Labute approximate surface area is 85.7 Å². The van der Waals surface area contributed by atoms with Crippen LogP contribution < -0.4 is 11.5 Å². The highest BCUT2D eigenvalue weighted by Crippen LogP contribution is 1.94. The van der Waals surface area contributed by atoms with Crippen molar-refractivity contribution in [2.45, 2.75) is 13.5 Å². The molecule has 0 spiro atoms. The Morgan fingerprint density at radius 2 is 1.79 bits per heavy atom. The van der Waals surface area contributed by atoms with Crippen molar-refractivity contribution < 1.29 is 5.11 Å². The molecule has 0 heterocycles. The van der Waals surface area contributed by atoms with Crippen LogP contribution in [0, 0.1) is 5.92 Å². The van der Waals surface area contributed by atoms with E-state index >= 15 is 0 Å². The summed E-state index contributed by atoms with van der Waals surface area (Å²) in [5, 5.41) is 8.25. The van der Waals surface area contributed by atoms with E-state index in [2.05, 4.69) is 0 Å². The molecule has 0 bridgehead atoms. The molecule has 3 heteroatoms. The lowest BCUT2D eigenvalue weighted by Crippen LogP contribution is -2.13. The van der Waals surface area contributed by atoms with Crippen molar-refractivity contribution in [1.29, 1.82) is 0 Å². The van der Waals surface area contributed by atoms with Crippen molar-refractivity contribution in [2.24, 2.45) is 17.4 Å². The monoisotopic (exact) mass is 196 g/mol. The van der Waals surface area contributed by atoms with Crippen LogP contribution in [0.1, 0.15) is 12.5 Å². The lowest BCUT2D eigenvalue weighted by atomic mass is 10.2. The molecule has 0 aromatic heterocycles. The van der Waals surface area contributed by atoms with Crippen LogP contribution >= 0.6 is 0 Å². The number of nitrogens with two attached hydrogens (primary N) is 2. The molecule has 1 rings (SSSR count). The Morgan fingerprint density at radius 3 is 2.00 bits per heavy atom. The molecule has 14 heavy (non-hydrogen) atoms. The Balaban J connectivity index is 0.000000255. The summed E-state index contributed by atoms with van der Waals surface area (Å²) in [5.74, 6) is 0.269. The van der Waals surface area contributed by atoms with E-state index in [1.54, 1.807) is 0 Å². The molecule has 0 aliphatic heterocycles. The van der Waals surface area contributed by atoms with Crippen molar-refractivity contribution in [3.8, 4) is 0 Å². The second-order valence-corrected chi connectivity index (χ2v) is 3.21. The van der Waals surface area contributed by atoms with Crippen LogP contribution in [0.5, 0.6) is 0 Å². The topological polar surface area (TPSA) is 72.3 Å². The molecule has 0 fully saturated rings. The molecule has 1 unspecified atom stereocenters. The fraction of sp³-hybridized carbons (Fsp3) is 0.455.